The first kappa shape index (κ1) is 21.2. The Morgan fingerprint density at radius 1 is 0.914 bits per heavy atom. The molecule has 3 aromatic carbocycles. The summed E-state index contributed by atoms with van der Waals surface area (Å²) in [6.45, 7) is 2.37. The molecule has 0 aliphatic carbocycles. The number of amides is 1. The molecule has 7 nitrogen and oxygen atoms in total. The Hall–Kier alpha value is -4.33. The van der Waals surface area contributed by atoms with Crippen LogP contribution in [0.2, 0.25) is 0 Å². The Bertz CT molecular complexity index is 1480. The fourth-order valence-electron chi connectivity index (χ4n) is 4.71. The number of amidine groups is 1. The van der Waals surface area contributed by atoms with E-state index in [1.807, 2.05) is 41.3 Å². The zero-order chi connectivity index (χ0) is 23.9. The first-order chi connectivity index (χ1) is 17.1. The van der Waals surface area contributed by atoms with Crippen molar-refractivity contribution >= 4 is 34.1 Å². The quantitative estimate of drug-likeness (QED) is 0.442. The van der Waals surface area contributed by atoms with Gasteiger partial charge in [-0.3, -0.25) is 9.59 Å². The second kappa shape index (κ2) is 8.47. The number of rotatable bonds is 2. The van der Waals surface area contributed by atoms with E-state index in [1.54, 1.807) is 29.1 Å². The van der Waals surface area contributed by atoms with Crippen LogP contribution in [0.4, 0.5) is 10.1 Å². The number of piperazine rings is 1. The number of ketones is 1. The molecule has 1 aromatic heterocycles. The molecule has 0 N–H and O–H groups in total. The number of Topliss-reactive ketones (excluding diaryl/α,β-unsaturated/α-hetero) is 1. The highest BCUT2D eigenvalue weighted by atomic mass is 19.1. The lowest BCUT2D eigenvalue weighted by Crippen LogP contribution is -2.51. The third-order valence-electron chi connectivity index (χ3n) is 6.59. The summed E-state index contributed by atoms with van der Waals surface area (Å²) in [7, 11) is 0. The number of para-hydroxylation sites is 1. The molecule has 0 atom stereocenters. The molecule has 174 valence electrons. The average Bonchev–Trinajstić information content (AvgIpc) is 3.32. The number of hydrogen-bond acceptors (Lipinski definition) is 5. The van der Waals surface area contributed by atoms with Crippen LogP contribution < -0.4 is 0 Å². The number of halogens is 1. The predicted molar refractivity (Wildman–Crippen MR) is 131 cm³/mol. The van der Waals surface area contributed by atoms with Gasteiger partial charge in [0, 0.05) is 42.7 Å². The molecule has 8 heteroatoms. The van der Waals surface area contributed by atoms with Crippen LogP contribution in [-0.4, -0.2) is 63.3 Å². The van der Waals surface area contributed by atoms with Crippen LogP contribution in [-0.2, 0) is 0 Å². The van der Waals surface area contributed by atoms with Crippen LogP contribution in [0.5, 0.6) is 0 Å². The Kier molecular flexibility index (Phi) is 5.13. The molecule has 3 heterocycles. The van der Waals surface area contributed by atoms with Crippen molar-refractivity contribution in [2.75, 3.05) is 26.2 Å². The van der Waals surface area contributed by atoms with Crippen LogP contribution >= 0.6 is 0 Å². The summed E-state index contributed by atoms with van der Waals surface area (Å²) < 4.78 is 15.0. The molecule has 4 aromatic rings. The number of carbonyl (C=O) groups is 2. The smallest absolute Gasteiger partial charge is 0.253 e. The van der Waals surface area contributed by atoms with Gasteiger partial charge in [0.15, 0.2) is 5.78 Å². The van der Waals surface area contributed by atoms with E-state index in [0.29, 0.717) is 49.4 Å². The molecule has 0 spiro atoms. The lowest BCUT2D eigenvalue weighted by atomic mass is 10.0. The van der Waals surface area contributed by atoms with Gasteiger partial charge in [-0.05, 0) is 54.6 Å². The topological polar surface area (TPSA) is 70.8 Å². The average molecular weight is 468 g/mol. The van der Waals surface area contributed by atoms with Crippen molar-refractivity contribution in [3.05, 3.63) is 89.9 Å². The van der Waals surface area contributed by atoms with Crippen molar-refractivity contribution in [1.29, 1.82) is 0 Å². The fraction of sp³-hybridized carbons (Fsp3) is 0.185. The van der Waals surface area contributed by atoms with Crippen molar-refractivity contribution in [3.8, 4) is 5.69 Å². The zero-order valence-corrected chi connectivity index (χ0v) is 18.9. The largest absolute Gasteiger partial charge is 0.356 e. The molecule has 6 rings (SSSR count). The Morgan fingerprint density at radius 3 is 2.49 bits per heavy atom. The highest BCUT2D eigenvalue weighted by Crippen LogP contribution is 2.27. The number of aliphatic imine (C=N–C) groups is 1. The van der Waals surface area contributed by atoms with Gasteiger partial charge in [-0.2, -0.15) is 5.10 Å². The van der Waals surface area contributed by atoms with Gasteiger partial charge < -0.3 is 9.80 Å². The third-order valence-corrected chi connectivity index (χ3v) is 6.59. The minimum absolute atomic E-state index is 0.0342. The van der Waals surface area contributed by atoms with Crippen LogP contribution in [0, 0.1) is 5.82 Å². The van der Waals surface area contributed by atoms with Gasteiger partial charge in [-0.25, -0.2) is 14.1 Å². The highest BCUT2D eigenvalue weighted by molar-refractivity contribution is 6.15. The SMILES string of the molecule is O=C1CC(N2CCN(C(=O)c3ccc4c(cnn4-c4ccc(F)cc4)c3)CC2)=Nc2ccccc21. The van der Waals surface area contributed by atoms with E-state index in [-0.39, 0.29) is 17.5 Å². The van der Waals surface area contributed by atoms with Crippen molar-refractivity contribution in [2.45, 2.75) is 6.42 Å². The van der Waals surface area contributed by atoms with Gasteiger partial charge in [-0.1, -0.05) is 12.1 Å². The molecule has 0 saturated carbocycles. The monoisotopic (exact) mass is 467 g/mol. The summed E-state index contributed by atoms with van der Waals surface area (Å²) in [5, 5.41) is 5.25. The molecule has 35 heavy (non-hydrogen) atoms. The second-order valence-corrected chi connectivity index (χ2v) is 8.73. The van der Waals surface area contributed by atoms with Crippen molar-refractivity contribution in [3.63, 3.8) is 0 Å². The van der Waals surface area contributed by atoms with E-state index < -0.39 is 0 Å². The van der Waals surface area contributed by atoms with Gasteiger partial charge in [0.2, 0.25) is 0 Å². The highest BCUT2D eigenvalue weighted by Gasteiger charge is 2.28. The molecule has 2 aliphatic heterocycles. The van der Waals surface area contributed by atoms with Crippen LogP contribution in [0.3, 0.4) is 0 Å². The minimum atomic E-state index is -0.301. The lowest BCUT2D eigenvalue weighted by Gasteiger charge is -2.37. The second-order valence-electron chi connectivity index (χ2n) is 8.73. The normalized spacial score (nSPS) is 15.8. The number of fused-ring (bicyclic) bond motifs is 2. The van der Waals surface area contributed by atoms with E-state index in [4.69, 9.17) is 4.99 Å². The summed E-state index contributed by atoms with van der Waals surface area (Å²) >= 11 is 0. The predicted octanol–water partition coefficient (Wildman–Crippen LogP) is 4.24. The molecule has 1 saturated heterocycles. The molecule has 0 bridgehead atoms. The van der Waals surface area contributed by atoms with E-state index in [0.717, 1.165) is 22.4 Å². The maximum Gasteiger partial charge on any atom is 0.253 e. The fourth-order valence-corrected chi connectivity index (χ4v) is 4.71. The summed E-state index contributed by atoms with van der Waals surface area (Å²) in [4.78, 5) is 34.4. The van der Waals surface area contributed by atoms with Crippen LogP contribution in [0.25, 0.3) is 16.6 Å². The molecular formula is C27H22FN5O2. The van der Waals surface area contributed by atoms with Crippen molar-refractivity contribution < 1.29 is 14.0 Å². The summed E-state index contributed by atoms with van der Waals surface area (Å²) in [5.41, 5.74) is 3.58. The van der Waals surface area contributed by atoms with Crippen molar-refractivity contribution in [2.24, 2.45) is 4.99 Å². The first-order valence-corrected chi connectivity index (χ1v) is 11.5. The van der Waals surface area contributed by atoms with Crippen molar-refractivity contribution in [1.82, 2.24) is 19.6 Å². The van der Waals surface area contributed by atoms with Gasteiger partial charge in [0.25, 0.3) is 5.91 Å². The standard InChI is InChI=1S/C27H22FN5O2/c28-20-6-8-21(9-7-20)33-24-10-5-18(15-19(24)17-29-33)27(35)32-13-11-31(12-14-32)26-16-25(34)22-3-1-2-4-23(22)30-26/h1-10,15,17H,11-14,16H2. The third kappa shape index (κ3) is 3.86. The number of nitrogens with zero attached hydrogens (tertiary/aromatic N) is 5. The summed E-state index contributed by atoms with van der Waals surface area (Å²) in [6, 6.07) is 19.1. The van der Waals surface area contributed by atoms with E-state index in [1.165, 1.54) is 12.1 Å². The van der Waals surface area contributed by atoms with Gasteiger partial charge in [0.1, 0.15) is 11.7 Å². The van der Waals surface area contributed by atoms with E-state index in [9.17, 15) is 14.0 Å². The molecule has 1 amide bonds. The molecule has 1 fully saturated rings. The number of aromatic nitrogens is 2. The van der Waals surface area contributed by atoms with Crippen LogP contribution in [0.1, 0.15) is 27.1 Å². The molecule has 0 unspecified atom stereocenters. The summed E-state index contributed by atoms with van der Waals surface area (Å²) in [6.07, 6.45) is 2.00. The Morgan fingerprint density at radius 2 is 1.69 bits per heavy atom. The maximum atomic E-state index is 13.3. The van der Waals surface area contributed by atoms with E-state index in [2.05, 4.69) is 10.00 Å². The number of benzene rings is 3. The number of carbonyl (C=O) groups excluding carboxylic acids is 2. The first-order valence-electron chi connectivity index (χ1n) is 11.5. The Labute approximate surface area is 201 Å². The zero-order valence-electron chi connectivity index (χ0n) is 18.9. The van der Waals surface area contributed by atoms with Crippen LogP contribution in [0.15, 0.2) is 77.9 Å². The lowest BCUT2D eigenvalue weighted by molar-refractivity contribution is 0.0688. The molecular weight excluding hydrogens is 445 g/mol. The van der Waals surface area contributed by atoms with Gasteiger partial charge in [0.05, 0.1) is 29.5 Å². The summed E-state index contributed by atoms with van der Waals surface area (Å²) in [5.74, 6) is 0.521. The van der Waals surface area contributed by atoms with E-state index >= 15 is 0 Å². The minimum Gasteiger partial charge on any atom is -0.356 e. The molecule has 2 aliphatic rings. The number of hydrogen-bond donors (Lipinski definition) is 0. The maximum absolute atomic E-state index is 13.3. The van der Waals surface area contributed by atoms with Gasteiger partial charge in [-0.15, -0.1) is 0 Å². The molecule has 0 radical (unpaired) electrons. The Balaban J connectivity index is 1.16. The van der Waals surface area contributed by atoms with Gasteiger partial charge >= 0.3 is 0 Å².